The molecule has 0 N–H and O–H groups in total. The minimum atomic E-state index is -0.310. The Labute approximate surface area is 149 Å². The number of hydrogen-bond donors (Lipinski definition) is 0. The van der Waals surface area contributed by atoms with Gasteiger partial charge in [-0.1, -0.05) is 12.1 Å². The number of rotatable bonds is 2. The molecule has 1 fully saturated rings. The number of aryl methyl sites for hydroxylation is 1. The number of benzene rings is 2. The summed E-state index contributed by atoms with van der Waals surface area (Å²) in [6.07, 6.45) is 0. The Morgan fingerprint density at radius 2 is 1.83 bits per heavy atom. The second-order valence-corrected chi connectivity index (χ2v) is 6.90. The predicted molar refractivity (Wildman–Crippen MR) is 98.4 cm³/mol. The van der Waals surface area contributed by atoms with Gasteiger partial charge in [-0.05, 0) is 65.4 Å². The molecule has 1 aliphatic heterocycles. The van der Waals surface area contributed by atoms with Crippen molar-refractivity contribution in [1.29, 1.82) is 0 Å². The second-order valence-electron chi connectivity index (χ2n) is 5.74. The van der Waals surface area contributed by atoms with Crippen LogP contribution in [0.25, 0.3) is 0 Å². The molecule has 0 bridgehead atoms. The van der Waals surface area contributed by atoms with E-state index < -0.39 is 0 Å². The number of hydrogen-bond acceptors (Lipinski definition) is 2. The molecular weight excluding hydrogens is 406 g/mol. The Hall–Kier alpha value is -1.63. The number of halogens is 2. The van der Waals surface area contributed by atoms with Crippen molar-refractivity contribution in [2.45, 2.75) is 6.92 Å². The molecule has 3 nitrogen and oxygen atoms in total. The first-order valence-corrected chi connectivity index (χ1v) is 8.68. The zero-order chi connectivity index (χ0) is 16.4. The lowest BCUT2D eigenvalue weighted by Crippen LogP contribution is -2.49. The number of anilines is 1. The van der Waals surface area contributed by atoms with Gasteiger partial charge >= 0.3 is 0 Å². The van der Waals surface area contributed by atoms with Gasteiger partial charge in [-0.2, -0.15) is 0 Å². The zero-order valence-electron chi connectivity index (χ0n) is 12.9. The van der Waals surface area contributed by atoms with Crippen molar-refractivity contribution in [2.75, 3.05) is 31.1 Å². The monoisotopic (exact) mass is 424 g/mol. The highest BCUT2D eigenvalue weighted by Crippen LogP contribution is 2.20. The minimum Gasteiger partial charge on any atom is -0.368 e. The van der Waals surface area contributed by atoms with Gasteiger partial charge in [0.05, 0.1) is 5.56 Å². The molecule has 1 saturated heterocycles. The molecule has 23 heavy (non-hydrogen) atoms. The van der Waals surface area contributed by atoms with Crippen LogP contribution in [0.15, 0.2) is 42.5 Å². The van der Waals surface area contributed by atoms with Crippen molar-refractivity contribution in [3.63, 3.8) is 0 Å². The molecular formula is C18H18FIN2O. The van der Waals surface area contributed by atoms with Gasteiger partial charge in [0.1, 0.15) is 5.82 Å². The van der Waals surface area contributed by atoms with E-state index in [1.807, 2.05) is 27.5 Å². The molecule has 0 radical (unpaired) electrons. The fourth-order valence-corrected chi connectivity index (χ4v) is 3.53. The van der Waals surface area contributed by atoms with Gasteiger partial charge < -0.3 is 9.80 Å². The van der Waals surface area contributed by atoms with E-state index in [0.29, 0.717) is 22.2 Å². The van der Waals surface area contributed by atoms with Crippen molar-refractivity contribution in [3.8, 4) is 0 Å². The summed E-state index contributed by atoms with van der Waals surface area (Å²) in [5.41, 5.74) is 3.02. The van der Waals surface area contributed by atoms with Crippen LogP contribution < -0.4 is 4.90 Å². The maximum absolute atomic E-state index is 13.2. The standard InChI is InChI=1S/C18H18FIN2O/c1-13-3-2-4-15(11-13)21-7-9-22(10-8-21)18(23)16-6-5-14(19)12-17(16)20/h2-6,11-12H,7-10H2,1H3. The molecule has 1 amide bonds. The molecule has 0 atom stereocenters. The van der Waals surface area contributed by atoms with E-state index in [1.54, 1.807) is 6.07 Å². The van der Waals surface area contributed by atoms with Crippen molar-refractivity contribution < 1.29 is 9.18 Å². The first kappa shape index (κ1) is 16.2. The average molecular weight is 424 g/mol. The molecule has 1 aliphatic rings. The topological polar surface area (TPSA) is 23.6 Å². The average Bonchev–Trinajstić information content (AvgIpc) is 2.54. The van der Waals surface area contributed by atoms with E-state index in [1.165, 1.54) is 23.4 Å². The largest absolute Gasteiger partial charge is 0.368 e. The van der Waals surface area contributed by atoms with Gasteiger partial charge in [0.15, 0.2) is 0 Å². The fourth-order valence-electron chi connectivity index (χ4n) is 2.83. The van der Waals surface area contributed by atoms with Gasteiger partial charge in [-0.15, -0.1) is 0 Å². The Kier molecular flexibility index (Phi) is 4.84. The summed E-state index contributed by atoms with van der Waals surface area (Å²) >= 11 is 2.02. The second kappa shape index (κ2) is 6.86. The van der Waals surface area contributed by atoms with Crippen LogP contribution in [0.4, 0.5) is 10.1 Å². The Balaban J connectivity index is 1.68. The number of amides is 1. The van der Waals surface area contributed by atoms with Crippen LogP contribution in [0.2, 0.25) is 0 Å². The molecule has 0 saturated carbocycles. The van der Waals surface area contributed by atoms with Crippen LogP contribution in [0.5, 0.6) is 0 Å². The van der Waals surface area contributed by atoms with Crippen LogP contribution in [0.1, 0.15) is 15.9 Å². The molecule has 0 aliphatic carbocycles. The highest BCUT2D eigenvalue weighted by Gasteiger charge is 2.23. The summed E-state index contributed by atoms with van der Waals surface area (Å²) in [6.45, 7) is 5.07. The third kappa shape index (κ3) is 3.65. The lowest BCUT2D eigenvalue weighted by atomic mass is 10.1. The minimum absolute atomic E-state index is 0.0155. The van der Waals surface area contributed by atoms with E-state index in [9.17, 15) is 9.18 Å². The summed E-state index contributed by atoms with van der Waals surface area (Å²) in [6, 6.07) is 12.7. The number of carbonyl (C=O) groups excluding carboxylic acids is 1. The van der Waals surface area contributed by atoms with E-state index in [-0.39, 0.29) is 11.7 Å². The number of piperazine rings is 1. The molecule has 120 valence electrons. The van der Waals surface area contributed by atoms with Crippen LogP contribution in [-0.2, 0) is 0 Å². The van der Waals surface area contributed by atoms with Gasteiger partial charge in [-0.3, -0.25) is 4.79 Å². The molecule has 0 aromatic heterocycles. The predicted octanol–water partition coefficient (Wildman–Crippen LogP) is 3.70. The normalized spacial score (nSPS) is 14.9. The summed E-state index contributed by atoms with van der Waals surface area (Å²) in [5.74, 6) is -0.325. The van der Waals surface area contributed by atoms with E-state index in [0.717, 1.165) is 13.1 Å². The van der Waals surface area contributed by atoms with Crippen LogP contribution >= 0.6 is 22.6 Å². The van der Waals surface area contributed by atoms with E-state index in [2.05, 4.69) is 36.1 Å². The lowest BCUT2D eigenvalue weighted by Gasteiger charge is -2.36. The Morgan fingerprint density at radius 1 is 1.09 bits per heavy atom. The molecule has 2 aromatic rings. The molecule has 5 heteroatoms. The van der Waals surface area contributed by atoms with Gasteiger partial charge in [-0.25, -0.2) is 4.39 Å². The van der Waals surface area contributed by atoms with Crippen LogP contribution in [-0.4, -0.2) is 37.0 Å². The first-order valence-electron chi connectivity index (χ1n) is 7.60. The highest BCUT2D eigenvalue weighted by atomic mass is 127. The number of nitrogens with zero attached hydrogens (tertiary/aromatic N) is 2. The van der Waals surface area contributed by atoms with Crippen molar-refractivity contribution >= 4 is 34.2 Å². The van der Waals surface area contributed by atoms with Crippen LogP contribution in [0, 0.1) is 16.3 Å². The van der Waals surface area contributed by atoms with E-state index >= 15 is 0 Å². The van der Waals surface area contributed by atoms with E-state index in [4.69, 9.17) is 0 Å². The Morgan fingerprint density at radius 3 is 2.48 bits per heavy atom. The highest BCUT2D eigenvalue weighted by molar-refractivity contribution is 14.1. The maximum Gasteiger partial charge on any atom is 0.255 e. The lowest BCUT2D eigenvalue weighted by molar-refractivity contribution is 0.0745. The molecule has 2 aromatic carbocycles. The zero-order valence-corrected chi connectivity index (χ0v) is 15.1. The number of carbonyl (C=O) groups is 1. The van der Waals surface area contributed by atoms with Gasteiger partial charge in [0.2, 0.25) is 0 Å². The summed E-state index contributed by atoms with van der Waals surface area (Å²) in [7, 11) is 0. The third-order valence-corrected chi connectivity index (χ3v) is 4.99. The summed E-state index contributed by atoms with van der Waals surface area (Å²) in [4.78, 5) is 16.8. The fraction of sp³-hybridized carbons (Fsp3) is 0.278. The first-order chi connectivity index (χ1) is 11.0. The summed E-state index contributed by atoms with van der Waals surface area (Å²) in [5, 5.41) is 0. The molecule has 3 rings (SSSR count). The maximum atomic E-state index is 13.2. The van der Waals surface area contributed by atoms with Gasteiger partial charge in [0.25, 0.3) is 5.91 Å². The third-order valence-electron chi connectivity index (χ3n) is 4.10. The quantitative estimate of drug-likeness (QED) is 0.687. The van der Waals surface area contributed by atoms with Gasteiger partial charge in [0, 0.05) is 35.4 Å². The summed E-state index contributed by atoms with van der Waals surface area (Å²) < 4.78 is 13.8. The SMILES string of the molecule is Cc1cccc(N2CCN(C(=O)c3ccc(F)cc3I)CC2)c1. The molecule has 1 heterocycles. The molecule has 0 spiro atoms. The molecule has 0 unspecified atom stereocenters. The van der Waals surface area contributed by atoms with Crippen molar-refractivity contribution in [2.24, 2.45) is 0 Å². The Bertz CT molecular complexity index is 727. The van der Waals surface area contributed by atoms with Crippen molar-refractivity contribution in [3.05, 3.63) is 63.0 Å². The smallest absolute Gasteiger partial charge is 0.255 e. The van der Waals surface area contributed by atoms with Crippen LogP contribution in [0.3, 0.4) is 0 Å². The van der Waals surface area contributed by atoms with Crippen molar-refractivity contribution in [1.82, 2.24) is 4.90 Å².